The standard InChI is InChI=1S/C18H25N5O2S/c1-5-23-15(12-6-8-13(9-7-12)18(2,3)4)21-22-17(23)26-11-10-14(24)20-16(19)25/h6-9H,5,10-11H2,1-4H3,(H3,19,20,24,25). The van der Waals surface area contributed by atoms with Crippen molar-refractivity contribution in [2.75, 3.05) is 5.75 Å². The van der Waals surface area contributed by atoms with Gasteiger partial charge in [0.1, 0.15) is 0 Å². The van der Waals surface area contributed by atoms with Crippen LogP contribution in [0.5, 0.6) is 0 Å². The molecule has 8 heteroatoms. The van der Waals surface area contributed by atoms with Crippen molar-refractivity contribution >= 4 is 23.7 Å². The number of nitrogens with two attached hydrogens (primary N) is 1. The molecule has 7 nitrogen and oxygen atoms in total. The molecular weight excluding hydrogens is 350 g/mol. The molecule has 2 rings (SSSR count). The van der Waals surface area contributed by atoms with E-state index in [0.29, 0.717) is 5.75 Å². The van der Waals surface area contributed by atoms with E-state index < -0.39 is 11.9 Å². The van der Waals surface area contributed by atoms with E-state index in [1.54, 1.807) is 0 Å². The number of hydrogen-bond donors (Lipinski definition) is 2. The molecule has 0 spiro atoms. The highest BCUT2D eigenvalue weighted by Crippen LogP contribution is 2.27. The summed E-state index contributed by atoms with van der Waals surface area (Å²) in [7, 11) is 0. The average molecular weight is 375 g/mol. The van der Waals surface area contributed by atoms with Crippen LogP contribution in [0, 0.1) is 0 Å². The van der Waals surface area contributed by atoms with Gasteiger partial charge in [-0.1, -0.05) is 56.8 Å². The monoisotopic (exact) mass is 375 g/mol. The summed E-state index contributed by atoms with van der Waals surface area (Å²) in [6.45, 7) is 9.29. The summed E-state index contributed by atoms with van der Waals surface area (Å²) in [5.41, 5.74) is 7.29. The molecule has 0 fully saturated rings. The van der Waals surface area contributed by atoms with Crippen molar-refractivity contribution in [3.8, 4) is 11.4 Å². The largest absolute Gasteiger partial charge is 0.351 e. The quantitative estimate of drug-likeness (QED) is 0.756. The van der Waals surface area contributed by atoms with E-state index in [-0.39, 0.29) is 11.8 Å². The van der Waals surface area contributed by atoms with Gasteiger partial charge in [0.25, 0.3) is 0 Å². The lowest BCUT2D eigenvalue weighted by Crippen LogP contribution is -2.35. The van der Waals surface area contributed by atoms with Gasteiger partial charge in [-0.3, -0.25) is 10.1 Å². The van der Waals surface area contributed by atoms with E-state index >= 15 is 0 Å². The van der Waals surface area contributed by atoms with Gasteiger partial charge in [-0.15, -0.1) is 10.2 Å². The van der Waals surface area contributed by atoms with Gasteiger partial charge in [0.05, 0.1) is 0 Å². The highest BCUT2D eigenvalue weighted by Gasteiger charge is 2.16. The lowest BCUT2D eigenvalue weighted by atomic mass is 9.87. The topological polar surface area (TPSA) is 103 Å². The summed E-state index contributed by atoms with van der Waals surface area (Å²) in [6.07, 6.45) is 0.180. The molecule has 0 saturated heterocycles. The van der Waals surface area contributed by atoms with Gasteiger partial charge < -0.3 is 10.3 Å². The van der Waals surface area contributed by atoms with E-state index in [4.69, 9.17) is 5.73 Å². The van der Waals surface area contributed by atoms with Crippen LogP contribution in [0.1, 0.15) is 39.7 Å². The zero-order valence-corrected chi connectivity index (χ0v) is 16.4. The molecule has 26 heavy (non-hydrogen) atoms. The second kappa shape index (κ2) is 8.35. The summed E-state index contributed by atoms with van der Waals surface area (Å²) in [5.74, 6) is 0.892. The first-order valence-corrected chi connectivity index (χ1v) is 9.47. The minimum absolute atomic E-state index is 0.101. The maximum absolute atomic E-state index is 11.5. The van der Waals surface area contributed by atoms with Crippen LogP contribution in [0.15, 0.2) is 29.4 Å². The zero-order chi connectivity index (χ0) is 19.3. The zero-order valence-electron chi connectivity index (χ0n) is 15.6. The smallest absolute Gasteiger partial charge is 0.318 e. The Morgan fingerprint density at radius 3 is 2.38 bits per heavy atom. The molecule has 2 aromatic rings. The Hall–Kier alpha value is -2.35. The van der Waals surface area contributed by atoms with Crippen molar-refractivity contribution in [3.63, 3.8) is 0 Å². The van der Waals surface area contributed by atoms with Gasteiger partial charge in [-0.05, 0) is 17.9 Å². The number of imide groups is 1. The molecule has 3 amide bonds. The number of thioether (sulfide) groups is 1. The number of primary amides is 1. The lowest BCUT2D eigenvalue weighted by Gasteiger charge is -2.19. The van der Waals surface area contributed by atoms with Crippen LogP contribution in [0.25, 0.3) is 11.4 Å². The minimum Gasteiger partial charge on any atom is -0.351 e. The Morgan fingerprint density at radius 2 is 1.85 bits per heavy atom. The number of amides is 3. The number of carbonyl (C=O) groups is 2. The van der Waals surface area contributed by atoms with Crippen molar-refractivity contribution in [2.45, 2.75) is 51.2 Å². The second-order valence-corrected chi connectivity index (χ2v) is 7.95. The van der Waals surface area contributed by atoms with Crippen LogP contribution in [0.2, 0.25) is 0 Å². The SMILES string of the molecule is CCn1c(SCCC(=O)NC(N)=O)nnc1-c1ccc(C(C)(C)C)cc1. The fraction of sp³-hybridized carbons (Fsp3) is 0.444. The van der Waals surface area contributed by atoms with Gasteiger partial charge in [-0.2, -0.15) is 0 Å². The first-order valence-electron chi connectivity index (χ1n) is 8.48. The van der Waals surface area contributed by atoms with Crippen molar-refractivity contribution in [1.29, 1.82) is 0 Å². The van der Waals surface area contributed by atoms with Gasteiger partial charge in [0.15, 0.2) is 11.0 Å². The van der Waals surface area contributed by atoms with Crippen LogP contribution in [0.4, 0.5) is 4.79 Å². The molecule has 0 atom stereocenters. The number of benzene rings is 1. The van der Waals surface area contributed by atoms with Gasteiger partial charge in [-0.25, -0.2) is 4.79 Å². The van der Waals surface area contributed by atoms with Crippen LogP contribution in [-0.4, -0.2) is 32.5 Å². The third kappa shape index (κ3) is 5.08. The molecule has 0 saturated carbocycles. The molecule has 0 aliphatic carbocycles. The third-order valence-corrected chi connectivity index (χ3v) is 4.83. The summed E-state index contributed by atoms with van der Waals surface area (Å²) >= 11 is 1.43. The molecule has 0 unspecified atom stereocenters. The van der Waals surface area contributed by atoms with Gasteiger partial charge in [0.2, 0.25) is 5.91 Å². The van der Waals surface area contributed by atoms with Crippen LogP contribution in [-0.2, 0) is 16.8 Å². The second-order valence-electron chi connectivity index (χ2n) is 6.89. The van der Waals surface area contributed by atoms with Gasteiger partial charge in [0, 0.05) is 24.3 Å². The number of hydrogen-bond acceptors (Lipinski definition) is 5. The molecule has 0 aliphatic heterocycles. The van der Waals surface area contributed by atoms with E-state index in [0.717, 1.165) is 23.1 Å². The van der Waals surface area contributed by atoms with Gasteiger partial charge >= 0.3 is 6.03 Å². The molecule has 1 aromatic heterocycles. The Bertz CT molecular complexity index is 778. The van der Waals surface area contributed by atoms with E-state index in [9.17, 15) is 9.59 Å². The summed E-state index contributed by atoms with van der Waals surface area (Å²) < 4.78 is 2.02. The van der Waals surface area contributed by atoms with Crippen molar-refractivity contribution in [1.82, 2.24) is 20.1 Å². The highest BCUT2D eigenvalue weighted by molar-refractivity contribution is 7.99. The van der Waals surface area contributed by atoms with E-state index in [1.807, 2.05) is 16.8 Å². The number of urea groups is 1. The Morgan fingerprint density at radius 1 is 1.19 bits per heavy atom. The average Bonchev–Trinajstić information content (AvgIpc) is 2.96. The fourth-order valence-corrected chi connectivity index (χ4v) is 3.39. The molecular formula is C18H25N5O2S. The van der Waals surface area contributed by atoms with Crippen LogP contribution < -0.4 is 11.1 Å². The molecule has 0 bridgehead atoms. The number of carbonyl (C=O) groups excluding carboxylic acids is 2. The fourth-order valence-electron chi connectivity index (χ4n) is 2.45. The first-order chi connectivity index (χ1) is 12.2. The number of rotatable bonds is 6. The maximum Gasteiger partial charge on any atom is 0.318 e. The number of nitrogens with zero attached hydrogens (tertiary/aromatic N) is 3. The number of nitrogens with one attached hydrogen (secondary N) is 1. The number of aromatic nitrogens is 3. The Balaban J connectivity index is 2.10. The highest BCUT2D eigenvalue weighted by atomic mass is 32.2. The molecule has 140 valence electrons. The van der Waals surface area contributed by atoms with E-state index in [2.05, 4.69) is 55.2 Å². The van der Waals surface area contributed by atoms with Crippen LogP contribution >= 0.6 is 11.8 Å². The van der Waals surface area contributed by atoms with Crippen molar-refractivity contribution in [2.24, 2.45) is 5.73 Å². The first kappa shape index (κ1) is 20.0. The summed E-state index contributed by atoms with van der Waals surface area (Å²) in [5, 5.41) is 11.4. The third-order valence-electron chi connectivity index (χ3n) is 3.87. The molecule has 1 aromatic carbocycles. The summed E-state index contributed by atoms with van der Waals surface area (Å²) in [4.78, 5) is 22.1. The van der Waals surface area contributed by atoms with Crippen molar-refractivity contribution < 1.29 is 9.59 Å². The molecule has 1 heterocycles. The Labute approximate surface area is 157 Å². The molecule has 0 aliphatic rings. The lowest BCUT2D eigenvalue weighted by molar-refractivity contribution is -0.119. The minimum atomic E-state index is -0.835. The van der Waals surface area contributed by atoms with Crippen LogP contribution in [0.3, 0.4) is 0 Å². The Kier molecular flexibility index (Phi) is 6.42. The molecule has 0 radical (unpaired) electrons. The molecule has 3 N–H and O–H groups in total. The normalized spacial score (nSPS) is 11.4. The summed E-state index contributed by atoms with van der Waals surface area (Å²) in [6, 6.07) is 7.52. The van der Waals surface area contributed by atoms with E-state index in [1.165, 1.54) is 17.3 Å². The predicted octanol–water partition coefficient (Wildman–Crippen LogP) is 2.94. The maximum atomic E-state index is 11.5. The van der Waals surface area contributed by atoms with Crippen molar-refractivity contribution in [3.05, 3.63) is 29.8 Å². The predicted molar refractivity (Wildman–Crippen MR) is 103 cm³/mol.